The van der Waals surface area contributed by atoms with E-state index in [0.717, 1.165) is 55.1 Å². The summed E-state index contributed by atoms with van der Waals surface area (Å²) in [5.74, 6) is 1.84. The van der Waals surface area contributed by atoms with Crippen molar-refractivity contribution in [2.24, 2.45) is 4.99 Å². The van der Waals surface area contributed by atoms with Gasteiger partial charge >= 0.3 is 0 Å². The van der Waals surface area contributed by atoms with Crippen LogP contribution in [0, 0.1) is 0 Å². The zero-order valence-electron chi connectivity index (χ0n) is 14.0. The summed E-state index contributed by atoms with van der Waals surface area (Å²) < 4.78 is 2.89. The zero-order chi connectivity index (χ0) is 16.5. The Bertz CT molecular complexity index is 627. The van der Waals surface area contributed by atoms with Crippen LogP contribution in [0.4, 0.5) is 0 Å². The highest BCUT2D eigenvalue weighted by molar-refractivity contribution is 14.0. The Morgan fingerprint density at radius 2 is 2.17 bits per heavy atom. The Kier molecular flexibility index (Phi) is 10.3. The van der Waals surface area contributed by atoms with Crippen molar-refractivity contribution in [1.29, 1.82) is 0 Å². The van der Waals surface area contributed by atoms with Crippen molar-refractivity contribution < 1.29 is 0 Å². The summed E-state index contributed by atoms with van der Waals surface area (Å²) in [5, 5.41) is 14.6. The number of nitrogens with one attached hydrogen (secondary N) is 2. The number of hydrogen-bond acceptors (Lipinski definition) is 4. The molecule has 0 saturated carbocycles. The standard InChI is InChI=1S/C15H23ClN6S.HI/c1-3-14-21-20-11-22(14)10-9-19-15(17-4-2)18-8-7-12-5-6-13(16)23-12;/h5-6,11H,3-4,7-10H2,1-2H3,(H2,17,18,19);1H. The number of halogens is 2. The molecule has 0 amide bonds. The molecule has 9 heteroatoms. The van der Waals surface area contributed by atoms with E-state index in [2.05, 4.69) is 50.3 Å². The van der Waals surface area contributed by atoms with E-state index in [1.807, 2.05) is 6.07 Å². The first kappa shape index (κ1) is 21.2. The van der Waals surface area contributed by atoms with Crippen molar-refractivity contribution in [2.75, 3.05) is 19.6 Å². The molecule has 2 heterocycles. The van der Waals surface area contributed by atoms with Crippen LogP contribution >= 0.6 is 46.9 Å². The number of guanidine groups is 1. The number of aryl methyl sites for hydroxylation is 1. The fourth-order valence-corrected chi connectivity index (χ4v) is 3.22. The Hall–Kier alpha value is -0.870. The summed E-state index contributed by atoms with van der Waals surface area (Å²) in [6, 6.07) is 3.99. The van der Waals surface area contributed by atoms with E-state index in [9.17, 15) is 0 Å². The monoisotopic (exact) mass is 482 g/mol. The SMILES string of the molecule is CCNC(=NCCc1ccc(Cl)s1)NCCn1cnnc1CC.I. The summed E-state index contributed by atoms with van der Waals surface area (Å²) >= 11 is 7.55. The fourth-order valence-electron chi connectivity index (χ4n) is 2.14. The Balaban J connectivity index is 0.00000288. The molecule has 0 bridgehead atoms. The maximum Gasteiger partial charge on any atom is 0.191 e. The van der Waals surface area contributed by atoms with Gasteiger partial charge in [0.15, 0.2) is 5.96 Å². The third-order valence-electron chi connectivity index (χ3n) is 3.26. The molecule has 2 aromatic rings. The van der Waals surface area contributed by atoms with E-state index < -0.39 is 0 Å². The lowest BCUT2D eigenvalue weighted by molar-refractivity contribution is 0.632. The van der Waals surface area contributed by atoms with Crippen molar-refractivity contribution in [1.82, 2.24) is 25.4 Å². The van der Waals surface area contributed by atoms with Gasteiger partial charge in [0.2, 0.25) is 0 Å². The third kappa shape index (κ3) is 6.94. The van der Waals surface area contributed by atoms with Crippen LogP contribution in [-0.4, -0.2) is 40.4 Å². The Morgan fingerprint density at radius 1 is 1.33 bits per heavy atom. The fraction of sp³-hybridized carbons (Fsp3) is 0.533. The molecule has 0 aliphatic carbocycles. The van der Waals surface area contributed by atoms with Crippen molar-refractivity contribution in [2.45, 2.75) is 33.2 Å². The second kappa shape index (κ2) is 11.6. The van der Waals surface area contributed by atoms with E-state index in [1.165, 1.54) is 4.88 Å². The highest BCUT2D eigenvalue weighted by Crippen LogP contribution is 2.21. The molecule has 6 nitrogen and oxygen atoms in total. The lowest BCUT2D eigenvalue weighted by atomic mass is 10.3. The van der Waals surface area contributed by atoms with Gasteiger partial charge in [-0.1, -0.05) is 18.5 Å². The van der Waals surface area contributed by atoms with Gasteiger partial charge in [0.1, 0.15) is 12.2 Å². The van der Waals surface area contributed by atoms with Crippen LogP contribution < -0.4 is 10.6 Å². The maximum absolute atomic E-state index is 5.94. The maximum atomic E-state index is 5.94. The molecule has 0 fully saturated rings. The summed E-state index contributed by atoms with van der Waals surface area (Å²) in [4.78, 5) is 5.85. The molecule has 0 atom stereocenters. The molecule has 0 aromatic carbocycles. The first-order valence-electron chi connectivity index (χ1n) is 7.86. The normalized spacial score (nSPS) is 11.2. The average Bonchev–Trinajstić information content (AvgIpc) is 3.16. The molecule has 134 valence electrons. The Morgan fingerprint density at radius 3 is 2.83 bits per heavy atom. The van der Waals surface area contributed by atoms with Gasteiger partial charge in [0, 0.05) is 43.9 Å². The molecular formula is C15H24ClIN6S. The smallest absolute Gasteiger partial charge is 0.191 e. The van der Waals surface area contributed by atoms with Crippen LogP contribution in [-0.2, 0) is 19.4 Å². The number of thiophene rings is 1. The molecular weight excluding hydrogens is 459 g/mol. The van der Waals surface area contributed by atoms with Crippen molar-refractivity contribution in [3.8, 4) is 0 Å². The van der Waals surface area contributed by atoms with Gasteiger partial charge in [0.25, 0.3) is 0 Å². The van der Waals surface area contributed by atoms with Crippen LogP contribution in [0.1, 0.15) is 24.5 Å². The van der Waals surface area contributed by atoms with E-state index >= 15 is 0 Å². The van der Waals surface area contributed by atoms with Gasteiger partial charge in [-0.05, 0) is 19.1 Å². The minimum Gasteiger partial charge on any atom is -0.357 e. The number of hydrogen-bond donors (Lipinski definition) is 2. The minimum atomic E-state index is 0. The predicted molar refractivity (Wildman–Crippen MR) is 112 cm³/mol. The molecule has 0 unspecified atom stereocenters. The molecule has 0 saturated heterocycles. The van der Waals surface area contributed by atoms with Crippen molar-refractivity contribution >= 4 is 52.9 Å². The van der Waals surface area contributed by atoms with Crippen LogP contribution in [0.25, 0.3) is 0 Å². The Labute approximate surface area is 169 Å². The second-order valence-electron chi connectivity index (χ2n) is 4.94. The van der Waals surface area contributed by atoms with E-state index in [0.29, 0.717) is 0 Å². The molecule has 0 aliphatic rings. The van der Waals surface area contributed by atoms with Gasteiger partial charge in [-0.15, -0.1) is 45.5 Å². The van der Waals surface area contributed by atoms with Crippen molar-refractivity contribution in [3.05, 3.63) is 33.5 Å². The summed E-state index contributed by atoms with van der Waals surface area (Å²) in [6.45, 7) is 7.31. The van der Waals surface area contributed by atoms with Gasteiger partial charge < -0.3 is 15.2 Å². The zero-order valence-corrected chi connectivity index (χ0v) is 17.9. The lowest BCUT2D eigenvalue weighted by Gasteiger charge is -2.12. The van der Waals surface area contributed by atoms with Crippen LogP contribution in [0.2, 0.25) is 4.34 Å². The van der Waals surface area contributed by atoms with Crippen LogP contribution in [0.5, 0.6) is 0 Å². The minimum absolute atomic E-state index is 0. The topological polar surface area (TPSA) is 67.1 Å². The van der Waals surface area contributed by atoms with Gasteiger partial charge in [-0.3, -0.25) is 4.99 Å². The molecule has 0 radical (unpaired) electrons. The first-order valence-corrected chi connectivity index (χ1v) is 9.05. The number of rotatable bonds is 8. The quantitative estimate of drug-likeness (QED) is 0.345. The summed E-state index contributed by atoms with van der Waals surface area (Å²) in [6.07, 6.45) is 3.56. The van der Waals surface area contributed by atoms with Gasteiger partial charge in [-0.2, -0.15) is 0 Å². The number of nitrogens with zero attached hydrogens (tertiary/aromatic N) is 4. The largest absolute Gasteiger partial charge is 0.357 e. The third-order valence-corrected chi connectivity index (χ3v) is 4.55. The molecule has 2 aromatic heterocycles. The lowest BCUT2D eigenvalue weighted by Crippen LogP contribution is -2.39. The summed E-state index contributed by atoms with van der Waals surface area (Å²) in [7, 11) is 0. The van der Waals surface area contributed by atoms with Crippen LogP contribution in [0.3, 0.4) is 0 Å². The molecule has 0 spiro atoms. The first-order chi connectivity index (χ1) is 11.2. The van der Waals surface area contributed by atoms with E-state index in [-0.39, 0.29) is 24.0 Å². The molecule has 2 rings (SSSR count). The van der Waals surface area contributed by atoms with E-state index in [4.69, 9.17) is 11.6 Å². The van der Waals surface area contributed by atoms with Gasteiger partial charge in [0.05, 0.1) is 4.34 Å². The average molecular weight is 483 g/mol. The summed E-state index contributed by atoms with van der Waals surface area (Å²) in [5.41, 5.74) is 0. The highest BCUT2D eigenvalue weighted by Gasteiger charge is 2.02. The predicted octanol–water partition coefficient (Wildman–Crippen LogP) is 2.97. The molecule has 0 aliphatic heterocycles. The van der Waals surface area contributed by atoms with Gasteiger partial charge in [-0.25, -0.2) is 0 Å². The molecule has 2 N–H and O–H groups in total. The molecule has 24 heavy (non-hydrogen) atoms. The van der Waals surface area contributed by atoms with Crippen LogP contribution in [0.15, 0.2) is 23.5 Å². The van der Waals surface area contributed by atoms with E-state index in [1.54, 1.807) is 17.7 Å². The van der Waals surface area contributed by atoms with Crippen molar-refractivity contribution in [3.63, 3.8) is 0 Å². The number of aliphatic imine (C=N–C) groups is 1. The highest BCUT2D eigenvalue weighted by atomic mass is 127. The number of aromatic nitrogens is 3. The second-order valence-corrected chi connectivity index (χ2v) is 6.74.